The van der Waals surface area contributed by atoms with Gasteiger partial charge in [-0.2, -0.15) is 0 Å². The van der Waals surface area contributed by atoms with Crippen molar-refractivity contribution in [2.75, 3.05) is 6.61 Å². The van der Waals surface area contributed by atoms with E-state index in [2.05, 4.69) is 5.32 Å². The number of rotatable bonds is 8. The molecule has 0 aromatic heterocycles. The first kappa shape index (κ1) is 21.8. The van der Waals surface area contributed by atoms with E-state index in [1.165, 1.54) is 4.90 Å². The van der Waals surface area contributed by atoms with E-state index >= 15 is 0 Å². The molecule has 0 saturated carbocycles. The number of nitrogens with one attached hydrogen (secondary N) is 1. The van der Waals surface area contributed by atoms with Gasteiger partial charge < -0.3 is 15.0 Å². The maximum absolute atomic E-state index is 12.9. The van der Waals surface area contributed by atoms with Gasteiger partial charge in [-0.15, -0.1) is 0 Å². The number of hydrogen-bond acceptors (Lipinski definition) is 3. The lowest BCUT2D eigenvalue weighted by atomic mass is 10.1. The van der Waals surface area contributed by atoms with Crippen molar-refractivity contribution >= 4 is 23.4 Å². The average Bonchev–Trinajstić information content (AvgIpc) is 2.66. The van der Waals surface area contributed by atoms with E-state index in [0.717, 1.165) is 11.1 Å². The van der Waals surface area contributed by atoms with Crippen LogP contribution in [-0.4, -0.2) is 35.4 Å². The fourth-order valence-corrected chi connectivity index (χ4v) is 2.82. The Hall–Kier alpha value is -2.53. The van der Waals surface area contributed by atoms with Crippen molar-refractivity contribution in [2.45, 2.75) is 46.3 Å². The van der Waals surface area contributed by atoms with Crippen LogP contribution in [0, 0.1) is 6.92 Å². The van der Waals surface area contributed by atoms with Gasteiger partial charge in [0.2, 0.25) is 5.91 Å². The number of ether oxygens (including phenoxy) is 1. The first-order chi connectivity index (χ1) is 13.3. The Morgan fingerprint density at radius 2 is 1.79 bits per heavy atom. The van der Waals surface area contributed by atoms with Crippen molar-refractivity contribution in [1.82, 2.24) is 10.2 Å². The molecule has 2 rings (SSSR count). The molecule has 0 saturated heterocycles. The smallest absolute Gasteiger partial charge is 0.261 e. The minimum atomic E-state index is -0.620. The first-order valence-corrected chi connectivity index (χ1v) is 9.68. The number of benzene rings is 2. The highest BCUT2D eigenvalue weighted by Crippen LogP contribution is 2.21. The number of nitrogens with zero attached hydrogens (tertiary/aromatic N) is 1. The Balaban J connectivity index is 2.13. The normalized spacial score (nSPS) is 11.8. The van der Waals surface area contributed by atoms with Crippen LogP contribution in [0.4, 0.5) is 0 Å². The van der Waals surface area contributed by atoms with Gasteiger partial charge in [-0.1, -0.05) is 41.9 Å². The van der Waals surface area contributed by atoms with Gasteiger partial charge in [-0.25, -0.2) is 0 Å². The van der Waals surface area contributed by atoms with Crippen molar-refractivity contribution < 1.29 is 14.3 Å². The average molecular weight is 403 g/mol. The van der Waals surface area contributed by atoms with E-state index in [1.54, 1.807) is 25.1 Å². The molecule has 0 fully saturated rings. The molecular formula is C22H27ClN2O3. The minimum absolute atomic E-state index is 0.00285. The quantitative estimate of drug-likeness (QED) is 0.726. The maximum atomic E-state index is 12.9. The summed E-state index contributed by atoms with van der Waals surface area (Å²) in [6, 6.07) is 14.2. The van der Waals surface area contributed by atoms with E-state index in [9.17, 15) is 9.59 Å². The molecule has 0 spiro atoms. The summed E-state index contributed by atoms with van der Waals surface area (Å²) in [6.45, 7) is 7.55. The van der Waals surface area contributed by atoms with E-state index < -0.39 is 6.04 Å². The Morgan fingerprint density at radius 3 is 2.39 bits per heavy atom. The molecule has 1 N–H and O–H groups in total. The van der Waals surface area contributed by atoms with Crippen LogP contribution in [0.25, 0.3) is 0 Å². The van der Waals surface area contributed by atoms with Crippen molar-refractivity contribution in [3.8, 4) is 5.75 Å². The summed E-state index contributed by atoms with van der Waals surface area (Å²) in [7, 11) is 0. The molecule has 0 aliphatic carbocycles. The van der Waals surface area contributed by atoms with Crippen LogP contribution in [-0.2, 0) is 16.1 Å². The van der Waals surface area contributed by atoms with E-state index in [-0.39, 0.29) is 24.5 Å². The van der Waals surface area contributed by atoms with Gasteiger partial charge in [0.1, 0.15) is 11.8 Å². The molecule has 2 amide bonds. The lowest BCUT2D eigenvalue weighted by Gasteiger charge is -2.29. The lowest BCUT2D eigenvalue weighted by Crippen LogP contribution is -2.50. The van der Waals surface area contributed by atoms with Gasteiger partial charge in [-0.3, -0.25) is 9.59 Å². The van der Waals surface area contributed by atoms with Crippen LogP contribution in [0.3, 0.4) is 0 Å². The number of carbonyl (C=O) groups excluding carboxylic acids is 2. The highest BCUT2D eigenvalue weighted by molar-refractivity contribution is 6.31. The van der Waals surface area contributed by atoms with Crippen LogP contribution in [0.1, 0.15) is 31.9 Å². The van der Waals surface area contributed by atoms with E-state index in [0.29, 0.717) is 17.3 Å². The predicted molar refractivity (Wildman–Crippen MR) is 111 cm³/mol. The molecule has 150 valence electrons. The molecule has 5 nitrogen and oxygen atoms in total. The van der Waals surface area contributed by atoms with Gasteiger partial charge >= 0.3 is 0 Å². The summed E-state index contributed by atoms with van der Waals surface area (Å²) < 4.78 is 5.65. The third-order valence-corrected chi connectivity index (χ3v) is 4.71. The van der Waals surface area contributed by atoms with Crippen molar-refractivity contribution in [2.24, 2.45) is 0 Å². The molecule has 2 aromatic carbocycles. The van der Waals surface area contributed by atoms with Crippen molar-refractivity contribution in [3.05, 3.63) is 64.7 Å². The summed E-state index contributed by atoms with van der Waals surface area (Å²) in [5.74, 6) is 0.110. The van der Waals surface area contributed by atoms with Crippen molar-refractivity contribution in [1.29, 1.82) is 0 Å². The van der Waals surface area contributed by atoms with Crippen LogP contribution >= 0.6 is 11.6 Å². The molecule has 2 aromatic rings. The summed E-state index contributed by atoms with van der Waals surface area (Å²) >= 11 is 6.03. The highest BCUT2D eigenvalue weighted by Gasteiger charge is 2.26. The predicted octanol–water partition coefficient (Wildman–Crippen LogP) is 3.97. The monoisotopic (exact) mass is 402 g/mol. The topological polar surface area (TPSA) is 58.6 Å². The van der Waals surface area contributed by atoms with Crippen molar-refractivity contribution in [3.63, 3.8) is 0 Å². The molecule has 0 aliphatic rings. The number of carbonyl (C=O) groups is 2. The molecular weight excluding hydrogens is 376 g/mol. The minimum Gasteiger partial charge on any atom is -0.484 e. The van der Waals surface area contributed by atoms with Gasteiger partial charge in [0.25, 0.3) is 5.91 Å². The zero-order chi connectivity index (χ0) is 20.7. The third-order valence-electron chi connectivity index (χ3n) is 4.29. The molecule has 0 unspecified atom stereocenters. The van der Waals surface area contributed by atoms with Gasteiger partial charge in [-0.05, 0) is 57.0 Å². The summed E-state index contributed by atoms with van der Waals surface area (Å²) in [4.78, 5) is 26.9. The Labute approximate surface area is 171 Å². The molecule has 0 aliphatic heterocycles. The molecule has 0 bridgehead atoms. The van der Waals surface area contributed by atoms with E-state index in [4.69, 9.17) is 16.3 Å². The summed E-state index contributed by atoms with van der Waals surface area (Å²) in [5, 5.41) is 3.50. The molecule has 28 heavy (non-hydrogen) atoms. The summed E-state index contributed by atoms with van der Waals surface area (Å²) in [5.41, 5.74) is 1.82. The third kappa shape index (κ3) is 6.27. The van der Waals surface area contributed by atoms with Gasteiger partial charge in [0.15, 0.2) is 6.61 Å². The van der Waals surface area contributed by atoms with E-state index in [1.807, 2.05) is 51.1 Å². The summed E-state index contributed by atoms with van der Waals surface area (Å²) in [6.07, 6.45) is 0. The molecule has 0 radical (unpaired) electrons. The second-order valence-corrected chi connectivity index (χ2v) is 7.45. The number of hydrogen-bond donors (Lipinski definition) is 1. The SMILES string of the molecule is Cc1cc(OCC(=O)N(Cc2ccccc2)[C@@H](C)C(=O)NC(C)C)ccc1Cl. The van der Waals surface area contributed by atoms with Crippen LogP contribution in [0.2, 0.25) is 5.02 Å². The standard InChI is InChI=1S/C22H27ClN2O3/c1-15(2)24-22(27)17(4)25(13-18-8-6-5-7-9-18)21(26)14-28-19-10-11-20(23)16(3)12-19/h5-12,15,17H,13-14H2,1-4H3,(H,24,27)/t17-/m0/s1. The lowest BCUT2D eigenvalue weighted by molar-refractivity contribution is -0.142. The largest absolute Gasteiger partial charge is 0.484 e. The van der Waals surface area contributed by atoms with Crippen LogP contribution in [0.5, 0.6) is 5.75 Å². The molecule has 6 heteroatoms. The van der Waals surface area contributed by atoms with Gasteiger partial charge in [0.05, 0.1) is 0 Å². The first-order valence-electron chi connectivity index (χ1n) is 9.30. The fraction of sp³-hybridized carbons (Fsp3) is 0.364. The molecule has 1 atom stereocenters. The second-order valence-electron chi connectivity index (χ2n) is 7.05. The number of halogens is 1. The van der Waals surface area contributed by atoms with Crippen LogP contribution < -0.4 is 10.1 Å². The highest BCUT2D eigenvalue weighted by atomic mass is 35.5. The Morgan fingerprint density at radius 1 is 1.11 bits per heavy atom. The zero-order valence-electron chi connectivity index (χ0n) is 16.7. The number of amides is 2. The zero-order valence-corrected chi connectivity index (χ0v) is 17.5. The fourth-order valence-electron chi connectivity index (χ4n) is 2.70. The molecule has 0 heterocycles. The maximum Gasteiger partial charge on any atom is 0.261 e. The Kier molecular flexibility index (Phi) is 7.88. The second kappa shape index (κ2) is 10.1. The number of aryl methyl sites for hydroxylation is 1. The Bertz CT molecular complexity index is 809. The van der Waals surface area contributed by atoms with Crippen LogP contribution in [0.15, 0.2) is 48.5 Å². The van der Waals surface area contributed by atoms with Gasteiger partial charge in [0, 0.05) is 17.6 Å².